The molecule has 0 saturated carbocycles. The van der Waals surface area contributed by atoms with E-state index in [4.69, 9.17) is 14.5 Å². The third kappa shape index (κ3) is 13.8. The van der Waals surface area contributed by atoms with Crippen molar-refractivity contribution in [2.75, 3.05) is 45.9 Å². The molecule has 1 fully saturated rings. The van der Waals surface area contributed by atoms with Gasteiger partial charge >= 0.3 is 0 Å². The van der Waals surface area contributed by atoms with Gasteiger partial charge in [-0.15, -0.1) is 0 Å². The van der Waals surface area contributed by atoms with E-state index in [1.807, 2.05) is 6.92 Å². The number of nitrogens with two attached hydrogens (primary N) is 1. The van der Waals surface area contributed by atoms with Crippen LogP contribution in [0.15, 0.2) is 67.1 Å². The fourth-order valence-corrected chi connectivity index (χ4v) is 5.29. The summed E-state index contributed by atoms with van der Waals surface area (Å²) in [5, 5.41) is 3.40. The lowest BCUT2D eigenvalue weighted by Crippen LogP contribution is -2.44. The zero-order chi connectivity index (χ0) is 33.1. The maximum absolute atomic E-state index is 14.3. The molecule has 1 aromatic heterocycles. The van der Waals surface area contributed by atoms with Gasteiger partial charge in [0.25, 0.3) is 0 Å². The maximum Gasteiger partial charge on any atom is 0.217 e. The second kappa shape index (κ2) is 20.8. The summed E-state index contributed by atoms with van der Waals surface area (Å²) in [5.74, 6) is 2.08. The molecule has 1 aliphatic carbocycles. The summed E-state index contributed by atoms with van der Waals surface area (Å²) in [7, 11) is 0. The number of piperazine rings is 1. The van der Waals surface area contributed by atoms with Crippen molar-refractivity contribution in [3.8, 4) is 5.88 Å². The first kappa shape index (κ1) is 38.0. The van der Waals surface area contributed by atoms with Gasteiger partial charge in [0.15, 0.2) is 0 Å². The Morgan fingerprint density at radius 1 is 1.07 bits per heavy atom. The molecule has 6 nitrogen and oxygen atoms in total. The molecule has 0 spiro atoms. The Morgan fingerprint density at radius 3 is 2.33 bits per heavy atom. The lowest BCUT2D eigenvalue weighted by Gasteiger charge is -2.30. The van der Waals surface area contributed by atoms with E-state index in [0.29, 0.717) is 25.0 Å². The zero-order valence-electron chi connectivity index (χ0n) is 28.8. The molecule has 1 aliphatic heterocycles. The first-order valence-corrected chi connectivity index (χ1v) is 16.9. The summed E-state index contributed by atoms with van der Waals surface area (Å²) < 4.78 is 26.4. The molecule has 1 saturated heterocycles. The van der Waals surface area contributed by atoms with Gasteiger partial charge in [-0.05, 0) is 92.6 Å². The fraction of sp³-hybridized carbons (Fsp3) is 0.553. The van der Waals surface area contributed by atoms with Gasteiger partial charge in [0.1, 0.15) is 18.2 Å². The van der Waals surface area contributed by atoms with Crippen molar-refractivity contribution in [1.82, 2.24) is 15.2 Å². The van der Waals surface area contributed by atoms with Crippen LogP contribution in [0, 0.1) is 11.7 Å². The van der Waals surface area contributed by atoms with Gasteiger partial charge in [0, 0.05) is 49.4 Å². The van der Waals surface area contributed by atoms with Gasteiger partial charge in [0.05, 0.1) is 6.61 Å². The van der Waals surface area contributed by atoms with E-state index in [2.05, 4.69) is 93.6 Å². The predicted octanol–water partition coefficient (Wildman–Crippen LogP) is 7.52. The molecule has 2 aliphatic rings. The van der Waals surface area contributed by atoms with E-state index in [-0.39, 0.29) is 11.2 Å². The molecule has 2 aromatic rings. The Kier molecular flexibility index (Phi) is 17.6. The molecule has 1 unspecified atom stereocenters. The van der Waals surface area contributed by atoms with Crippen LogP contribution in [0.4, 0.5) is 4.39 Å². The molecule has 45 heavy (non-hydrogen) atoms. The van der Waals surface area contributed by atoms with Crippen LogP contribution in [0.3, 0.4) is 0 Å². The highest BCUT2D eigenvalue weighted by atomic mass is 19.1. The smallest absolute Gasteiger partial charge is 0.217 e. The van der Waals surface area contributed by atoms with E-state index in [0.717, 1.165) is 93.0 Å². The number of aromatic nitrogens is 1. The first-order valence-electron chi connectivity index (χ1n) is 16.9. The van der Waals surface area contributed by atoms with Crippen molar-refractivity contribution in [2.24, 2.45) is 11.7 Å². The number of pyridine rings is 1. The minimum Gasteiger partial charge on any atom is -0.494 e. The highest BCUT2D eigenvalue weighted by Crippen LogP contribution is 2.38. The van der Waals surface area contributed by atoms with Crippen molar-refractivity contribution >= 4 is 0 Å². The molecule has 0 radical (unpaired) electrons. The van der Waals surface area contributed by atoms with E-state index in [1.54, 1.807) is 12.1 Å². The lowest BCUT2D eigenvalue weighted by atomic mass is 9.77. The Hall–Kier alpha value is -3.16. The fourth-order valence-electron chi connectivity index (χ4n) is 5.29. The van der Waals surface area contributed by atoms with Crippen molar-refractivity contribution in [3.63, 3.8) is 0 Å². The molecule has 0 amide bonds. The Morgan fingerprint density at radius 2 is 1.73 bits per heavy atom. The summed E-state index contributed by atoms with van der Waals surface area (Å²) in [6.45, 7) is 22.3. The molecule has 1 atom stereocenters. The number of allylic oxidation sites excluding steroid dienone is 3. The number of nitrogens with one attached hydrogen (secondary N) is 1. The van der Waals surface area contributed by atoms with Gasteiger partial charge < -0.3 is 20.5 Å². The molecule has 7 heteroatoms. The van der Waals surface area contributed by atoms with Gasteiger partial charge in [-0.3, -0.25) is 4.90 Å². The SMILES string of the molecule is C=CN.CCC.CCOC1=CCC(C)(c2ccc(CCc3cc(F)cc(CCC(C)C)c3)nc2OCCN2CCNCC2)C=C1. The molecule has 4 rings (SSSR count). The average molecular weight is 623 g/mol. The molecular formula is C38H59FN4O2. The van der Waals surface area contributed by atoms with Crippen LogP contribution in [-0.2, 0) is 29.4 Å². The molecule has 1 aromatic carbocycles. The van der Waals surface area contributed by atoms with Gasteiger partial charge in [-0.25, -0.2) is 9.37 Å². The van der Waals surface area contributed by atoms with Crippen LogP contribution < -0.4 is 15.8 Å². The van der Waals surface area contributed by atoms with Gasteiger partial charge in [-0.1, -0.05) is 65.8 Å². The van der Waals surface area contributed by atoms with Gasteiger partial charge in [-0.2, -0.15) is 0 Å². The van der Waals surface area contributed by atoms with Crippen molar-refractivity contribution in [2.45, 2.75) is 85.5 Å². The highest BCUT2D eigenvalue weighted by molar-refractivity contribution is 5.42. The zero-order valence-corrected chi connectivity index (χ0v) is 28.8. The minimum absolute atomic E-state index is 0.150. The predicted molar refractivity (Wildman–Crippen MR) is 187 cm³/mol. The monoisotopic (exact) mass is 622 g/mol. The number of aryl methyl sites for hydroxylation is 3. The van der Waals surface area contributed by atoms with Gasteiger partial charge in [0.2, 0.25) is 5.88 Å². The van der Waals surface area contributed by atoms with Crippen LogP contribution >= 0.6 is 0 Å². The number of benzene rings is 1. The normalized spacial score (nSPS) is 17.8. The van der Waals surface area contributed by atoms with Crippen molar-refractivity contribution in [3.05, 3.63) is 95.3 Å². The molecule has 250 valence electrons. The van der Waals surface area contributed by atoms with Crippen LogP contribution in [0.2, 0.25) is 0 Å². The number of nitrogens with zero attached hydrogens (tertiary/aromatic N) is 2. The highest BCUT2D eigenvalue weighted by Gasteiger charge is 2.30. The van der Waals surface area contributed by atoms with Crippen LogP contribution in [0.1, 0.15) is 83.2 Å². The summed E-state index contributed by atoms with van der Waals surface area (Å²) in [5.41, 5.74) is 8.56. The molecular weight excluding hydrogens is 563 g/mol. The van der Waals surface area contributed by atoms with E-state index < -0.39 is 0 Å². The maximum atomic E-state index is 14.3. The summed E-state index contributed by atoms with van der Waals surface area (Å²) in [4.78, 5) is 7.45. The number of halogens is 1. The number of rotatable bonds is 13. The van der Waals surface area contributed by atoms with Crippen molar-refractivity contribution in [1.29, 1.82) is 0 Å². The summed E-state index contributed by atoms with van der Waals surface area (Å²) in [6, 6.07) is 9.77. The Labute approximate surface area is 273 Å². The molecule has 3 N–H and O–H groups in total. The number of hydrogen-bond donors (Lipinski definition) is 2. The third-order valence-electron chi connectivity index (χ3n) is 7.74. The quantitative estimate of drug-likeness (QED) is 0.241. The second-order valence-corrected chi connectivity index (χ2v) is 12.4. The van der Waals surface area contributed by atoms with Crippen molar-refractivity contribution < 1.29 is 13.9 Å². The van der Waals surface area contributed by atoms with E-state index >= 15 is 0 Å². The Balaban J connectivity index is 0.00000109. The van der Waals surface area contributed by atoms with E-state index in [9.17, 15) is 4.39 Å². The van der Waals surface area contributed by atoms with Crippen LogP contribution in [0.25, 0.3) is 0 Å². The topological polar surface area (TPSA) is 72.6 Å². The summed E-state index contributed by atoms with van der Waals surface area (Å²) in [6.07, 6.45) is 13.2. The Bertz CT molecular complexity index is 1210. The van der Waals surface area contributed by atoms with E-state index in [1.165, 1.54) is 12.6 Å². The average Bonchev–Trinajstić information content (AvgIpc) is 3.01. The number of ether oxygens (including phenoxy) is 2. The standard InChI is InChI=1S/C33H46FN3O2.C3H8.C2H5N/c1-5-38-30-12-14-33(4,15-13-30)31-11-10-29(36-32(31)39-21-20-37-18-16-35-17-19-37)9-8-27-22-26(7-6-25(2)3)23-28(34)24-27;1-3-2;1-2-3/h10-14,22-25,35H,5-9,15-21H2,1-4H3;3H2,1-2H3;2H,1,3H2. The largest absolute Gasteiger partial charge is 0.494 e. The third-order valence-corrected chi connectivity index (χ3v) is 7.74. The number of hydrogen-bond acceptors (Lipinski definition) is 6. The first-order chi connectivity index (χ1) is 21.7. The van der Waals surface area contributed by atoms with Crippen LogP contribution in [-0.4, -0.2) is 55.8 Å². The minimum atomic E-state index is -0.218. The van der Waals surface area contributed by atoms with Crippen LogP contribution in [0.5, 0.6) is 5.88 Å². The molecule has 2 heterocycles. The summed E-state index contributed by atoms with van der Waals surface area (Å²) >= 11 is 0. The lowest BCUT2D eigenvalue weighted by molar-refractivity contribution is 0.186. The molecule has 0 bridgehead atoms. The second-order valence-electron chi connectivity index (χ2n) is 12.4.